The molecule has 4 aromatic rings. The number of hydrogen-bond acceptors (Lipinski definition) is 8. The fourth-order valence-electron chi connectivity index (χ4n) is 2.79. The van der Waals surface area contributed by atoms with Crippen LogP contribution in [0.25, 0.3) is 5.82 Å². The zero-order valence-electron chi connectivity index (χ0n) is 16.6. The monoisotopic (exact) mass is 452 g/mol. The summed E-state index contributed by atoms with van der Waals surface area (Å²) in [5.74, 6) is 2.08. The molecule has 4 rings (SSSR count). The number of imidazole rings is 1. The molecule has 0 saturated heterocycles. The van der Waals surface area contributed by atoms with Crippen LogP contribution in [0.3, 0.4) is 0 Å². The summed E-state index contributed by atoms with van der Waals surface area (Å²) in [6, 6.07) is 14.2. The number of aromatic nitrogens is 4. The van der Waals surface area contributed by atoms with Crippen molar-refractivity contribution in [2.75, 3.05) is 4.72 Å². The number of ether oxygens (including phenoxy) is 1. The van der Waals surface area contributed by atoms with Crippen LogP contribution in [-0.2, 0) is 10.0 Å². The van der Waals surface area contributed by atoms with Gasteiger partial charge in [-0.15, -0.1) is 10.2 Å². The molecule has 0 aliphatic carbocycles. The number of nitrogens with one attached hydrogen (secondary N) is 1. The van der Waals surface area contributed by atoms with Crippen molar-refractivity contribution in [1.29, 1.82) is 0 Å². The minimum atomic E-state index is -3.90. The molecule has 0 aliphatic heterocycles. The van der Waals surface area contributed by atoms with E-state index in [4.69, 9.17) is 4.74 Å². The minimum absolute atomic E-state index is 0.0908. The van der Waals surface area contributed by atoms with Gasteiger partial charge in [0.25, 0.3) is 15.7 Å². The summed E-state index contributed by atoms with van der Waals surface area (Å²) in [4.78, 5) is 14.2. The molecule has 0 amide bonds. The number of nitro benzene ring substituents is 1. The van der Waals surface area contributed by atoms with Crippen LogP contribution in [-0.4, -0.2) is 33.1 Å². The third-order valence-electron chi connectivity index (χ3n) is 4.39. The van der Waals surface area contributed by atoms with E-state index in [0.717, 1.165) is 18.0 Å². The fourth-order valence-corrected chi connectivity index (χ4v) is 3.85. The van der Waals surface area contributed by atoms with Crippen molar-refractivity contribution in [1.82, 2.24) is 19.7 Å². The summed E-state index contributed by atoms with van der Waals surface area (Å²) in [6.45, 7) is 1.85. The summed E-state index contributed by atoms with van der Waals surface area (Å²) in [7, 11) is -3.90. The molecule has 162 valence electrons. The fraction of sp³-hybridized carbons (Fsp3) is 0.0500. The second kappa shape index (κ2) is 8.43. The molecule has 2 aromatic heterocycles. The molecule has 12 heteroatoms. The molecule has 2 heterocycles. The van der Waals surface area contributed by atoms with Gasteiger partial charge in [0, 0.05) is 36.3 Å². The molecule has 2 aromatic carbocycles. The zero-order valence-corrected chi connectivity index (χ0v) is 17.4. The summed E-state index contributed by atoms with van der Waals surface area (Å²) in [5.41, 5.74) is 0.106. The molecule has 1 N–H and O–H groups in total. The van der Waals surface area contributed by atoms with Crippen LogP contribution in [0.1, 0.15) is 5.82 Å². The van der Waals surface area contributed by atoms with Crippen LogP contribution in [0.4, 0.5) is 11.4 Å². The first-order valence-electron chi connectivity index (χ1n) is 9.21. The van der Waals surface area contributed by atoms with Gasteiger partial charge < -0.3 is 4.74 Å². The van der Waals surface area contributed by atoms with Gasteiger partial charge in [-0.25, -0.2) is 13.4 Å². The Bertz CT molecular complexity index is 1350. The third kappa shape index (κ3) is 4.54. The predicted molar refractivity (Wildman–Crippen MR) is 114 cm³/mol. The summed E-state index contributed by atoms with van der Waals surface area (Å²) in [6.07, 6.45) is 3.44. The first-order valence-corrected chi connectivity index (χ1v) is 10.7. The van der Waals surface area contributed by atoms with Crippen molar-refractivity contribution in [2.45, 2.75) is 11.8 Å². The van der Waals surface area contributed by atoms with Crippen molar-refractivity contribution >= 4 is 21.4 Å². The molecule has 11 nitrogen and oxygen atoms in total. The summed E-state index contributed by atoms with van der Waals surface area (Å²) >= 11 is 0. The Morgan fingerprint density at radius 2 is 1.72 bits per heavy atom. The highest BCUT2D eigenvalue weighted by atomic mass is 32.2. The molecule has 0 spiro atoms. The van der Waals surface area contributed by atoms with Gasteiger partial charge in [-0.2, -0.15) is 0 Å². The van der Waals surface area contributed by atoms with Crippen LogP contribution in [0.5, 0.6) is 11.6 Å². The van der Waals surface area contributed by atoms with Crippen molar-refractivity contribution in [3.63, 3.8) is 0 Å². The van der Waals surface area contributed by atoms with Gasteiger partial charge in [-0.1, -0.05) is 0 Å². The van der Waals surface area contributed by atoms with Crippen molar-refractivity contribution in [3.8, 4) is 17.4 Å². The van der Waals surface area contributed by atoms with E-state index < -0.39 is 14.9 Å². The van der Waals surface area contributed by atoms with E-state index in [9.17, 15) is 18.5 Å². The predicted octanol–water partition coefficient (Wildman–Crippen LogP) is 3.47. The Kier molecular flexibility index (Phi) is 5.52. The molecule has 0 bridgehead atoms. The average Bonchev–Trinajstić information content (AvgIpc) is 3.21. The van der Waals surface area contributed by atoms with Crippen LogP contribution in [0.2, 0.25) is 0 Å². The van der Waals surface area contributed by atoms with Gasteiger partial charge in [0.2, 0.25) is 5.88 Å². The second-order valence-electron chi connectivity index (χ2n) is 6.56. The highest BCUT2D eigenvalue weighted by molar-refractivity contribution is 7.92. The van der Waals surface area contributed by atoms with Gasteiger partial charge in [-0.3, -0.25) is 19.4 Å². The highest BCUT2D eigenvalue weighted by Gasteiger charge is 2.16. The quantitative estimate of drug-likeness (QED) is 0.332. The standard InChI is InChI=1S/C20H16N6O5S/c1-14-21-12-13-25(14)19-10-11-20(23-22-19)31-17-6-2-15(3-7-17)24-32(29,30)18-8-4-16(5-9-18)26(27)28/h2-13,24H,1H3. The normalized spacial score (nSPS) is 11.2. The number of aryl methyl sites for hydroxylation is 1. The van der Waals surface area contributed by atoms with Gasteiger partial charge in [0.1, 0.15) is 11.6 Å². The van der Waals surface area contributed by atoms with Crippen molar-refractivity contribution < 1.29 is 18.1 Å². The highest BCUT2D eigenvalue weighted by Crippen LogP contribution is 2.24. The van der Waals surface area contributed by atoms with E-state index >= 15 is 0 Å². The molecule has 32 heavy (non-hydrogen) atoms. The second-order valence-corrected chi connectivity index (χ2v) is 8.24. The van der Waals surface area contributed by atoms with Crippen molar-refractivity contribution in [2.24, 2.45) is 0 Å². The summed E-state index contributed by atoms with van der Waals surface area (Å²) in [5, 5.41) is 18.9. The molecule has 0 radical (unpaired) electrons. The largest absolute Gasteiger partial charge is 0.438 e. The van der Waals surface area contributed by atoms with E-state index in [0.29, 0.717) is 17.3 Å². The smallest absolute Gasteiger partial charge is 0.269 e. The number of nitro groups is 1. The lowest BCUT2D eigenvalue weighted by Crippen LogP contribution is -2.12. The van der Waals surface area contributed by atoms with Crippen LogP contribution in [0.15, 0.2) is 78.0 Å². The maximum absolute atomic E-state index is 12.5. The Balaban J connectivity index is 1.42. The molecule has 0 saturated carbocycles. The number of sulfonamides is 1. The number of nitrogens with zero attached hydrogens (tertiary/aromatic N) is 5. The maximum Gasteiger partial charge on any atom is 0.269 e. The molecule has 0 aliphatic rings. The van der Waals surface area contributed by atoms with E-state index in [1.165, 1.54) is 24.3 Å². The van der Waals surface area contributed by atoms with Crippen LogP contribution < -0.4 is 9.46 Å². The lowest BCUT2D eigenvalue weighted by molar-refractivity contribution is -0.384. The topological polar surface area (TPSA) is 142 Å². The van der Waals surface area contributed by atoms with Crippen molar-refractivity contribution in [3.05, 3.63) is 89.0 Å². The third-order valence-corrected chi connectivity index (χ3v) is 5.78. The van der Waals surface area contributed by atoms with Crippen LogP contribution >= 0.6 is 0 Å². The Hall–Kier alpha value is -4.32. The minimum Gasteiger partial charge on any atom is -0.438 e. The lowest BCUT2D eigenvalue weighted by atomic mass is 10.3. The SMILES string of the molecule is Cc1nccn1-c1ccc(Oc2ccc(NS(=O)(=O)c3ccc([N+](=O)[O-])cc3)cc2)nn1. The molecule has 0 atom stereocenters. The number of rotatable bonds is 7. The van der Waals surface area contributed by atoms with E-state index in [-0.39, 0.29) is 16.5 Å². The first kappa shape index (κ1) is 20.9. The van der Waals surface area contributed by atoms with Gasteiger partial charge in [0.05, 0.1) is 9.82 Å². The zero-order chi connectivity index (χ0) is 22.7. The van der Waals surface area contributed by atoms with Crippen LogP contribution in [0, 0.1) is 17.0 Å². The number of anilines is 1. The first-order chi connectivity index (χ1) is 15.3. The Labute approximate surface area is 182 Å². The number of non-ortho nitro benzene ring substituents is 1. The Morgan fingerprint density at radius 1 is 1.00 bits per heavy atom. The molecule has 0 fully saturated rings. The number of benzene rings is 2. The van der Waals surface area contributed by atoms with Gasteiger partial charge in [-0.05, 0) is 49.4 Å². The lowest BCUT2D eigenvalue weighted by Gasteiger charge is -2.09. The molecule has 0 unspecified atom stereocenters. The Morgan fingerprint density at radius 3 is 2.28 bits per heavy atom. The molecular weight excluding hydrogens is 436 g/mol. The van der Waals surface area contributed by atoms with E-state index in [1.54, 1.807) is 41.2 Å². The van der Waals surface area contributed by atoms with Gasteiger partial charge >= 0.3 is 0 Å². The van der Waals surface area contributed by atoms with E-state index in [2.05, 4.69) is 19.9 Å². The molecular formula is C20H16N6O5S. The van der Waals surface area contributed by atoms with Gasteiger partial charge in [0.15, 0.2) is 5.82 Å². The summed E-state index contributed by atoms with van der Waals surface area (Å²) < 4.78 is 34.8. The maximum atomic E-state index is 12.5. The average molecular weight is 452 g/mol. The van der Waals surface area contributed by atoms with E-state index in [1.807, 2.05) is 6.92 Å². The number of hydrogen-bond donors (Lipinski definition) is 1.